The summed E-state index contributed by atoms with van der Waals surface area (Å²) in [4.78, 5) is 12.4. The van der Waals surface area contributed by atoms with Crippen LogP contribution in [0.5, 0.6) is 5.75 Å². The van der Waals surface area contributed by atoms with E-state index in [1.54, 1.807) is 18.8 Å². The zero-order chi connectivity index (χ0) is 17.6. The molecule has 0 saturated heterocycles. The monoisotopic (exact) mass is 359 g/mol. The maximum Gasteiger partial charge on any atom is 0.255 e. The van der Waals surface area contributed by atoms with E-state index in [0.717, 1.165) is 5.56 Å². The molecule has 1 aromatic carbocycles. The molecular weight excluding hydrogens is 342 g/mol. The number of H-pyrrole nitrogens is 1. The molecule has 0 aliphatic carbocycles. The molecule has 0 unspecified atom stereocenters. The highest BCUT2D eigenvalue weighted by molar-refractivity contribution is 7.99. The van der Waals surface area contributed by atoms with Gasteiger partial charge in [-0.2, -0.15) is 5.10 Å². The van der Waals surface area contributed by atoms with E-state index in [1.807, 2.05) is 24.3 Å². The summed E-state index contributed by atoms with van der Waals surface area (Å²) in [5, 5.41) is 21.6. The van der Waals surface area contributed by atoms with Crippen LogP contribution < -0.4 is 10.1 Å². The first-order valence-corrected chi connectivity index (χ1v) is 8.48. The molecule has 0 saturated carbocycles. The lowest BCUT2D eigenvalue weighted by molar-refractivity contribution is 0.0957. The Hall–Kier alpha value is -2.88. The number of carbonyl (C=O) groups is 1. The van der Waals surface area contributed by atoms with Gasteiger partial charge in [-0.15, -0.1) is 5.10 Å². The van der Waals surface area contributed by atoms with E-state index in [-0.39, 0.29) is 5.91 Å². The quantitative estimate of drug-likeness (QED) is 0.480. The minimum absolute atomic E-state index is 0.191. The van der Waals surface area contributed by atoms with Crippen LogP contribution in [0.4, 0.5) is 0 Å². The van der Waals surface area contributed by atoms with Crippen molar-refractivity contribution in [1.29, 1.82) is 0 Å². The highest BCUT2D eigenvalue weighted by Crippen LogP contribution is 2.24. The van der Waals surface area contributed by atoms with Gasteiger partial charge in [-0.25, -0.2) is 4.68 Å². The number of benzene rings is 1. The summed E-state index contributed by atoms with van der Waals surface area (Å²) in [6, 6.07) is 7.45. The predicted octanol–water partition coefficient (Wildman–Crippen LogP) is 1.13. The Morgan fingerprint density at radius 3 is 3.08 bits per heavy atom. The maximum absolute atomic E-state index is 12.4. The molecule has 0 spiro atoms. The number of tetrazole rings is 1. The summed E-state index contributed by atoms with van der Waals surface area (Å²) in [5.74, 6) is 1.18. The number of hydrogen-bond donors (Lipinski definition) is 2. The van der Waals surface area contributed by atoms with E-state index in [0.29, 0.717) is 34.5 Å². The Bertz CT molecular complexity index is 861. The van der Waals surface area contributed by atoms with Crippen molar-refractivity contribution in [2.45, 2.75) is 5.16 Å². The van der Waals surface area contributed by atoms with Crippen LogP contribution in [-0.2, 0) is 7.05 Å². The number of nitrogens with one attached hydrogen (secondary N) is 2. The number of ether oxygens (including phenoxy) is 1. The van der Waals surface area contributed by atoms with Crippen molar-refractivity contribution in [3.8, 4) is 17.0 Å². The number of hydrogen-bond acceptors (Lipinski definition) is 7. The molecule has 0 aliphatic heterocycles. The number of carbonyl (C=O) groups excluding carboxylic acids is 1. The molecular formula is C15H17N7O2S. The van der Waals surface area contributed by atoms with Crippen LogP contribution in [0.1, 0.15) is 10.4 Å². The fourth-order valence-electron chi connectivity index (χ4n) is 2.20. The number of aromatic amines is 1. The van der Waals surface area contributed by atoms with E-state index >= 15 is 0 Å². The maximum atomic E-state index is 12.4. The first-order valence-electron chi connectivity index (χ1n) is 7.50. The Balaban J connectivity index is 1.61. The van der Waals surface area contributed by atoms with E-state index in [1.165, 1.54) is 18.0 Å². The Morgan fingerprint density at radius 2 is 2.32 bits per heavy atom. The molecule has 9 nitrogen and oxygen atoms in total. The van der Waals surface area contributed by atoms with Crippen molar-refractivity contribution in [2.24, 2.45) is 7.05 Å². The van der Waals surface area contributed by atoms with Crippen LogP contribution >= 0.6 is 11.8 Å². The van der Waals surface area contributed by atoms with Gasteiger partial charge in [-0.1, -0.05) is 23.9 Å². The van der Waals surface area contributed by atoms with Gasteiger partial charge in [0, 0.05) is 24.9 Å². The topological polar surface area (TPSA) is 111 Å². The molecule has 0 radical (unpaired) electrons. The summed E-state index contributed by atoms with van der Waals surface area (Å²) < 4.78 is 6.81. The SMILES string of the molecule is COc1cccc(-c2[nH]ncc2C(=O)NCCSc2nnnn2C)c1. The Kier molecular flexibility index (Phi) is 5.29. The van der Waals surface area contributed by atoms with Gasteiger partial charge < -0.3 is 10.1 Å². The lowest BCUT2D eigenvalue weighted by Crippen LogP contribution is -2.26. The number of aryl methyl sites for hydroxylation is 1. The number of thioether (sulfide) groups is 1. The summed E-state index contributed by atoms with van der Waals surface area (Å²) in [6.45, 7) is 0.485. The molecule has 0 fully saturated rings. The Morgan fingerprint density at radius 1 is 1.44 bits per heavy atom. The summed E-state index contributed by atoms with van der Waals surface area (Å²) >= 11 is 1.47. The summed E-state index contributed by atoms with van der Waals surface area (Å²) in [7, 11) is 3.37. The van der Waals surface area contributed by atoms with Crippen LogP contribution in [-0.4, -0.2) is 55.7 Å². The molecule has 2 N–H and O–H groups in total. The normalized spacial score (nSPS) is 10.6. The molecule has 2 heterocycles. The molecule has 3 aromatic rings. The van der Waals surface area contributed by atoms with Crippen molar-refractivity contribution in [3.05, 3.63) is 36.0 Å². The standard InChI is InChI=1S/C15H17N7O2S/c1-22-15(19-20-21-22)25-7-6-16-14(23)12-9-17-18-13(12)10-4-3-5-11(8-10)24-2/h3-5,8-9H,6-7H2,1-2H3,(H,16,23)(H,17,18). The lowest BCUT2D eigenvalue weighted by atomic mass is 10.1. The second-order valence-corrected chi connectivity index (χ2v) is 6.14. The highest BCUT2D eigenvalue weighted by atomic mass is 32.2. The molecule has 0 aliphatic rings. The summed E-state index contributed by atoms with van der Waals surface area (Å²) in [5.41, 5.74) is 1.97. The number of nitrogens with zero attached hydrogens (tertiary/aromatic N) is 5. The smallest absolute Gasteiger partial charge is 0.255 e. The third kappa shape index (κ3) is 3.97. The number of aromatic nitrogens is 6. The molecule has 2 aromatic heterocycles. The van der Waals surface area contributed by atoms with Crippen LogP contribution in [0.2, 0.25) is 0 Å². The van der Waals surface area contributed by atoms with Crippen LogP contribution in [0, 0.1) is 0 Å². The van der Waals surface area contributed by atoms with E-state index in [9.17, 15) is 4.79 Å². The average Bonchev–Trinajstić information content (AvgIpc) is 3.28. The number of amides is 1. The molecule has 0 atom stereocenters. The van der Waals surface area contributed by atoms with Gasteiger partial charge in [-0.3, -0.25) is 9.89 Å². The molecule has 1 amide bonds. The van der Waals surface area contributed by atoms with E-state index in [2.05, 4.69) is 31.0 Å². The van der Waals surface area contributed by atoms with Gasteiger partial charge in [0.15, 0.2) is 0 Å². The third-order valence-corrected chi connectivity index (χ3v) is 4.45. The van der Waals surface area contributed by atoms with Gasteiger partial charge in [0.25, 0.3) is 5.91 Å². The van der Waals surface area contributed by atoms with Crippen LogP contribution in [0.15, 0.2) is 35.6 Å². The number of methoxy groups -OCH3 is 1. The van der Waals surface area contributed by atoms with Gasteiger partial charge in [0.2, 0.25) is 5.16 Å². The second kappa shape index (κ2) is 7.79. The minimum Gasteiger partial charge on any atom is -0.497 e. The second-order valence-electron chi connectivity index (χ2n) is 5.08. The highest BCUT2D eigenvalue weighted by Gasteiger charge is 2.15. The zero-order valence-electron chi connectivity index (χ0n) is 13.8. The molecule has 130 valence electrons. The van der Waals surface area contributed by atoms with E-state index in [4.69, 9.17) is 4.74 Å². The van der Waals surface area contributed by atoms with Crippen molar-refractivity contribution in [1.82, 2.24) is 35.7 Å². The van der Waals surface area contributed by atoms with Crippen molar-refractivity contribution < 1.29 is 9.53 Å². The van der Waals surface area contributed by atoms with Gasteiger partial charge in [0.05, 0.1) is 24.6 Å². The first kappa shape index (κ1) is 17.0. The molecule has 10 heteroatoms. The molecule has 25 heavy (non-hydrogen) atoms. The fourth-order valence-corrected chi connectivity index (χ4v) is 2.91. The zero-order valence-corrected chi connectivity index (χ0v) is 14.6. The van der Waals surface area contributed by atoms with Crippen molar-refractivity contribution in [2.75, 3.05) is 19.4 Å². The van der Waals surface area contributed by atoms with Gasteiger partial charge in [0.1, 0.15) is 5.75 Å². The first-order chi connectivity index (χ1) is 12.2. The largest absolute Gasteiger partial charge is 0.497 e. The van der Waals surface area contributed by atoms with Crippen molar-refractivity contribution in [3.63, 3.8) is 0 Å². The van der Waals surface area contributed by atoms with Crippen molar-refractivity contribution >= 4 is 17.7 Å². The Labute approximate surface area is 148 Å². The van der Waals surface area contributed by atoms with E-state index < -0.39 is 0 Å². The van der Waals surface area contributed by atoms with Gasteiger partial charge in [-0.05, 0) is 22.6 Å². The summed E-state index contributed by atoms with van der Waals surface area (Å²) in [6.07, 6.45) is 1.52. The number of rotatable bonds is 7. The van der Waals surface area contributed by atoms with Crippen LogP contribution in [0.25, 0.3) is 11.3 Å². The average molecular weight is 359 g/mol. The molecule has 0 bridgehead atoms. The van der Waals surface area contributed by atoms with Gasteiger partial charge >= 0.3 is 0 Å². The molecule has 3 rings (SSSR count). The lowest BCUT2D eigenvalue weighted by Gasteiger charge is -2.07. The minimum atomic E-state index is -0.191. The predicted molar refractivity (Wildman–Crippen MR) is 92.4 cm³/mol. The van der Waals surface area contributed by atoms with Crippen LogP contribution in [0.3, 0.4) is 0 Å². The fraction of sp³-hybridized carbons (Fsp3) is 0.267. The third-order valence-electron chi connectivity index (χ3n) is 3.44.